The normalized spacial score (nSPS) is 23.2. The van der Waals surface area contributed by atoms with Crippen LogP contribution in [0.2, 0.25) is 0 Å². The van der Waals surface area contributed by atoms with Gasteiger partial charge in [-0.25, -0.2) is 4.98 Å². The van der Waals surface area contributed by atoms with Crippen molar-refractivity contribution in [1.29, 1.82) is 0 Å². The third-order valence-electron chi connectivity index (χ3n) is 9.40. The predicted molar refractivity (Wildman–Crippen MR) is 172 cm³/mol. The molecule has 1 fully saturated rings. The van der Waals surface area contributed by atoms with Crippen LogP contribution in [0.15, 0.2) is 73.0 Å². The number of fused-ring (bicyclic) bond motifs is 1. The number of primary amides is 1. The smallest absolute Gasteiger partial charge is 0.223 e. The summed E-state index contributed by atoms with van der Waals surface area (Å²) in [5, 5.41) is 11.1. The van der Waals surface area contributed by atoms with Crippen LogP contribution in [0.3, 0.4) is 0 Å². The summed E-state index contributed by atoms with van der Waals surface area (Å²) in [6.07, 6.45) is 14.5. The van der Waals surface area contributed by atoms with Gasteiger partial charge in [-0.05, 0) is 67.8 Å². The molecule has 228 valence electrons. The Morgan fingerprint density at radius 1 is 1.07 bits per heavy atom. The number of carbonyl (C=O) groups excluding carboxylic acids is 2. The molecule has 2 atom stereocenters. The van der Waals surface area contributed by atoms with Gasteiger partial charge in [0.05, 0.1) is 22.8 Å². The third kappa shape index (κ3) is 5.65. The first kappa shape index (κ1) is 29.4. The maximum atomic E-state index is 13.0. The number of nitrogen functional groups attached to an aromatic ring is 1. The van der Waals surface area contributed by atoms with Crippen LogP contribution < -0.4 is 22.5 Å². The maximum Gasteiger partial charge on any atom is 0.223 e. The van der Waals surface area contributed by atoms with E-state index in [0.717, 1.165) is 59.0 Å². The van der Waals surface area contributed by atoms with E-state index in [-0.39, 0.29) is 30.1 Å². The van der Waals surface area contributed by atoms with Crippen molar-refractivity contribution in [1.82, 2.24) is 25.5 Å². The lowest BCUT2D eigenvalue weighted by molar-refractivity contribution is -0.126. The number of allylic oxidation sites excluding steroid dienone is 4. The Balaban J connectivity index is 1.31. The first-order valence-corrected chi connectivity index (χ1v) is 15.4. The highest BCUT2D eigenvalue weighted by Gasteiger charge is 2.44. The second-order valence-corrected chi connectivity index (χ2v) is 12.1. The number of nitrogens with two attached hydrogens (primary N) is 3. The fourth-order valence-electron chi connectivity index (χ4n) is 6.95. The number of hydrogen-bond donors (Lipinski definition) is 6. The number of benzene rings is 2. The van der Waals surface area contributed by atoms with Crippen LogP contribution in [0.1, 0.15) is 49.1 Å². The number of nitrogens with zero attached hydrogens (tertiary/aromatic N) is 2. The minimum atomic E-state index is -0.786. The van der Waals surface area contributed by atoms with Crippen LogP contribution in [-0.2, 0) is 21.4 Å². The van der Waals surface area contributed by atoms with E-state index in [4.69, 9.17) is 22.2 Å². The van der Waals surface area contributed by atoms with Crippen molar-refractivity contribution in [3.8, 4) is 11.3 Å². The van der Waals surface area contributed by atoms with Crippen LogP contribution in [0, 0.1) is 17.8 Å². The molecule has 2 unspecified atom stereocenters. The minimum absolute atomic E-state index is 0.0460. The van der Waals surface area contributed by atoms with Crippen molar-refractivity contribution < 1.29 is 9.59 Å². The fraction of sp³-hybridized carbons (Fsp3) is 0.353. The van der Waals surface area contributed by atoms with E-state index in [2.05, 4.69) is 38.7 Å². The van der Waals surface area contributed by atoms with Gasteiger partial charge in [0.1, 0.15) is 5.82 Å². The summed E-state index contributed by atoms with van der Waals surface area (Å²) in [5.41, 5.74) is 21.5. The fourth-order valence-corrected chi connectivity index (χ4v) is 6.95. The van der Waals surface area contributed by atoms with Gasteiger partial charge < -0.3 is 27.5 Å². The van der Waals surface area contributed by atoms with Crippen LogP contribution in [-0.4, -0.2) is 45.1 Å². The van der Waals surface area contributed by atoms with Gasteiger partial charge in [0.15, 0.2) is 5.82 Å². The molecule has 6 rings (SSSR count). The zero-order valence-electron chi connectivity index (χ0n) is 24.8. The second kappa shape index (κ2) is 12.5. The van der Waals surface area contributed by atoms with Gasteiger partial charge in [0.2, 0.25) is 11.8 Å². The zero-order valence-corrected chi connectivity index (χ0v) is 24.8. The van der Waals surface area contributed by atoms with Crippen molar-refractivity contribution >= 4 is 28.5 Å². The van der Waals surface area contributed by atoms with Crippen LogP contribution in [0.4, 0.5) is 5.82 Å². The highest BCUT2D eigenvalue weighted by Crippen LogP contribution is 2.45. The van der Waals surface area contributed by atoms with Crippen LogP contribution >= 0.6 is 0 Å². The Hall–Kier alpha value is -4.70. The average Bonchev–Trinajstić information content (AvgIpc) is 3.69. The van der Waals surface area contributed by atoms with Gasteiger partial charge >= 0.3 is 0 Å². The molecule has 2 aromatic heterocycles. The lowest BCUT2D eigenvalue weighted by atomic mass is 9.64. The highest BCUT2D eigenvalue weighted by atomic mass is 16.2. The van der Waals surface area contributed by atoms with E-state index in [1.54, 1.807) is 0 Å². The highest BCUT2D eigenvalue weighted by molar-refractivity contribution is 5.91. The molecular weight excluding hydrogens is 552 g/mol. The molecule has 0 bridgehead atoms. The maximum absolute atomic E-state index is 13.0. The van der Waals surface area contributed by atoms with Crippen molar-refractivity contribution in [3.05, 3.63) is 89.9 Å². The van der Waals surface area contributed by atoms with Crippen molar-refractivity contribution in [2.45, 2.75) is 43.9 Å². The van der Waals surface area contributed by atoms with Crippen LogP contribution in [0.5, 0.6) is 0 Å². The number of aromatic nitrogens is 4. The molecule has 0 aliphatic heterocycles. The molecule has 2 aliphatic carbocycles. The average molecular weight is 593 g/mol. The molecular formula is C34H40N8O2. The molecule has 0 radical (unpaired) electrons. The Labute approximate surface area is 256 Å². The lowest BCUT2D eigenvalue weighted by Gasteiger charge is -2.38. The topological polar surface area (TPSA) is 182 Å². The Kier molecular flexibility index (Phi) is 8.34. The molecule has 9 N–H and O–H groups in total. The Bertz CT molecular complexity index is 1710. The summed E-state index contributed by atoms with van der Waals surface area (Å²) < 4.78 is 0. The molecule has 4 aromatic rings. The Morgan fingerprint density at radius 2 is 1.89 bits per heavy atom. The number of H-pyrrole nitrogens is 2. The molecule has 2 heterocycles. The monoisotopic (exact) mass is 592 g/mol. The number of imidazole rings is 1. The molecule has 2 amide bonds. The molecule has 44 heavy (non-hydrogen) atoms. The SMILES string of the molecule is NCC1CCC(C(=O)NCCc2ccccc2C2(c3ncc(-c4ccc5c(N)n[nH]c5c4)[nH]3)C=CC=CC2CC(N)=O)CC1. The largest absolute Gasteiger partial charge is 0.382 e. The number of rotatable bonds is 10. The summed E-state index contributed by atoms with van der Waals surface area (Å²) in [5.74, 6) is 1.20. The molecule has 10 nitrogen and oxygen atoms in total. The first-order chi connectivity index (χ1) is 21.4. The van der Waals surface area contributed by atoms with Crippen molar-refractivity contribution in [2.24, 2.45) is 29.2 Å². The lowest BCUT2D eigenvalue weighted by Crippen LogP contribution is -2.40. The summed E-state index contributed by atoms with van der Waals surface area (Å²) in [4.78, 5) is 33.8. The number of nitrogens with one attached hydrogen (secondary N) is 3. The van der Waals surface area contributed by atoms with Gasteiger partial charge in [-0.15, -0.1) is 0 Å². The number of amides is 2. The summed E-state index contributed by atoms with van der Waals surface area (Å²) in [6.45, 7) is 1.21. The molecule has 1 saturated carbocycles. The molecule has 0 saturated heterocycles. The van der Waals surface area contributed by atoms with E-state index >= 15 is 0 Å². The van der Waals surface area contributed by atoms with Crippen LogP contribution in [0.25, 0.3) is 22.2 Å². The number of aromatic amines is 2. The van der Waals surface area contributed by atoms with Crippen molar-refractivity contribution in [2.75, 3.05) is 18.8 Å². The standard InChI is InChI=1S/C34H40N8O2/c35-19-21-8-10-23(11-9-21)32(44)38-16-14-22-5-1-2-7-27(22)34(15-4-3-6-25(34)18-30(36)43)33-39-20-29(40-33)24-12-13-26-28(17-24)41-42-31(26)37/h1-7,12-13,15,17,20-21,23,25H,8-11,14,16,18-19,35H2,(H2,36,43)(H,38,44)(H,39,40)(H3,37,41,42). The van der Waals surface area contributed by atoms with Gasteiger partial charge in [0, 0.05) is 35.8 Å². The molecule has 2 aliphatic rings. The molecule has 10 heteroatoms. The quantitative estimate of drug-likeness (QED) is 0.163. The van der Waals surface area contributed by atoms with Gasteiger partial charge in [-0.1, -0.05) is 54.6 Å². The van der Waals surface area contributed by atoms with Gasteiger partial charge in [0.25, 0.3) is 0 Å². The van der Waals surface area contributed by atoms with E-state index in [1.165, 1.54) is 0 Å². The summed E-state index contributed by atoms with van der Waals surface area (Å²) >= 11 is 0. The molecule has 2 aromatic carbocycles. The van der Waals surface area contributed by atoms with E-state index in [1.807, 2.05) is 54.8 Å². The summed E-state index contributed by atoms with van der Waals surface area (Å²) in [7, 11) is 0. The molecule has 0 spiro atoms. The number of carbonyl (C=O) groups is 2. The predicted octanol–water partition coefficient (Wildman–Crippen LogP) is 3.86. The first-order valence-electron chi connectivity index (χ1n) is 15.4. The Morgan fingerprint density at radius 3 is 2.68 bits per heavy atom. The van der Waals surface area contributed by atoms with Gasteiger partial charge in [-0.3, -0.25) is 14.7 Å². The third-order valence-corrected chi connectivity index (χ3v) is 9.40. The number of hydrogen-bond acceptors (Lipinski definition) is 6. The second-order valence-electron chi connectivity index (χ2n) is 12.1. The van der Waals surface area contributed by atoms with Gasteiger partial charge in [-0.2, -0.15) is 5.10 Å². The van der Waals surface area contributed by atoms with E-state index in [0.29, 0.717) is 37.1 Å². The van der Waals surface area contributed by atoms with E-state index < -0.39 is 5.41 Å². The zero-order chi connectivity index (χ0) is 30.7. The minimum Gasteiger partial charge on any atom is -0.382 e. The van der Waals surface area contributed by atoms with Crippen molar-refractivity contribution in [3.63, 3.8) is 0 Å². The number of anilines is 1. The van der Waals surface area contributed by atoms with E-state index in [9.17, 15) is 9.59 Å². The summed E-state index contributed by atoms with van der Waals surface area (Å²) in [6, 6.07) is 14.1.